The highest BCUT2D eigenvalue weighted by Crippen LogP contribution is 2.21. The van der Waals surface area contributed by atoms with Crippen LogP contribution >= 0.6 is 0 Å². The normalized spacial score (nSPS) is 17.0. The molecule has 1 fully saturated rings. The Bertz CT molecular complexity index is 1930. The molecule has 1 aliphatic rings. The van der Waals surface area contributed by atoms with Crippen LogP contribution in [0.2, 0.25) is 0 Å². The van der Waals surface area contributed by atoms with Crippen molar-refractivity contribution >= 4 is 59.2 Å². The summed E-state index contributed by atoms with van der Waals surface area (Å²) >= 11 is 0. The molecule has 1 saturated heterocycles. The van der Waals surface area contributed by atoms with Crippen molar-refractivity contribution in [2.45, 2.75) is 168 Å². The van der Waals surface area contributed by atoms with Crippen LogP contribution in [-0.2, 0) is 54.4 Å². The number of quaternary nitrogens is 2. The Morgan fingerprint density at radius 2 is 1.37 bits per heavy atom. The van der Waals surface area contributed by atoms with Crippen LogP contribution in [0.15, 0.2) is 12.5 Å². The molecule has 1 aromatic heterocycles. The van der Waals surface area contributed by atoms with Gasteiger partial charge in [-0.2, -0.15) is 0 Å². The van der Waals surface area contributed by atoms with E-state index >= 15 is 0 Å². The third-order valence-corrected chi connectivity index (χ3v) is 12.2. The van der Waals surface area contributed by atoms with E-state index in [0.717, 1.165) is 0 Å². The van der Waals surface area contributed by atoms with Crippen LogP contribution in [0.1, 0.15) is 119 Å². The van der Waals surface area contributed by atoms with Crippen LogP contribution < -0.4 is 58.9 Å². The minimum absolute atomic E-state index is 0.0310. The zero-order chi connectivity index (χ0) is 52.8. The molecule has 24 heteroatoms. The number of nitrogens with zero attached hydrogens (tertiary/aromatic N) is 2. The summed E-state index contributed by atoms with van der Waals surface area (Å²) in [6.45, 7) is 13.9. The molecule has 0 bridgehead atoms. The Labute approximate surface area is 409 Å². The molecule has 1 aliphatic heterocycles. The summed E-state index contributed by atoms with van der Waals surface area (Å²) < 4.78 is 0. The molecule has 0 radical (unpaired) electrons. The number of carboxylic acid groups (broad SMARTS) is 2. The molecule has 9 atom stereocenters. The Kier molecular flexibility index (Phi) is 25.5. The minimum Gasteiger partial charge on any atom is -0.550 e. The quantitative estimate of drug-likeness (QED) is 0.0311. The maximum atomic E-state index is 14.3. The van der Waals surface area contributed by atoms with Gasteiger partial charge < -0.3 is 78.4 Å². The van der Waals surface area contributed by atoms with Crippen LogP contribution in [0.4, 0.5) is 0 Å². The Balaban J connectivity index is 2.33. The summed E-state index contributed by atoms with van der Waals surface area (Å²) in [4.78, 5) is 141. The number of aromatic amines is 1. The molecule has 2 heterocycles. The number of aromatic nitrogens is 2. The highest BCUT2D eigenvalue weighted by Gasteiger charge is 2.41. The lowest BCUT2D eigenvalue weighted by atomic mass is 9.97. The van der Waals surface area contributed by atoms with Gasteiger partial charge in [-0.15, -0.1) is 0 Å². The fraction of sp³-hybridized carbons (Fsp3) is 0.717. The Morgan fingerprint density at radius 1 is 0.757 bits per heavy atom. The van der Waals surface area contributed by atoms with E-state index in [1.54, 1.807) is 27.7 Å². The number of amides is 8. The number of carboxylic acids is 2. The summed E-state index contributed by atoms with van der Waals surface area (Å²) in [5, 5.41) is 41.3. The monoisotopic (exact) mass is 991 g/mol. The molecule has 8 amide bonds. The highest BCUT2D eigenvalue weighted by atomic mass is 16.4. The number of hydrogen-bond donors (Lipinski definition) is 10. The van der Waals surface area contributed by atoms with Crippen LogP contribution in [0.25, 0.3) is 0 Å². The zero-order valence-corrected chi connectivity index (χ0v) is 42.0. The number of hydrogen-bond acceptors (Lipinski definition) is 13. The molecule has 24 nitrogen and oxygen atoms in total. The summed E-state index contributed by atoms with van der Waals surface area (Å²) in [6, 6.07) is -9.41. The van der Waals surface area contributed by atoms with E-state index in [4.69, 9.17) is 0 Å². The predicted molar refractivity (Wildman–Crippen MR) is 248 cm³/mol. The first-order valence-electron chi connectivity index (χ1n) is 24.3. The van der Waals surface area contributed by atoms with E-state index in [2.05, 4.69) is 58.7 Å². The first kappa shape index (κ1) is 60.0. The topological polar surface area (TPSA) is 388 Å². The van der Waals surface area contributed by atoms with Crippen LogP contribution in [0, 0.1) is 23.7 Å². The van der Waals surface area contributed by atoms with Crippen molar-refractivity contribution < 1.29 is 69.6 Å². The van der Waals surface area contributed by atoms with Crippen molar-refractivity contribution in [1.29, 1.82) is 0 Å². The standard InChI is InChI=1S/C46H78N12O12/c1-9-27(8)36(48)43(66)54-31(19-24(2)3)41(64)52-29(13-10-11-17-47)40(63)53-30(15-16-35(60)61)45(68)58-18-12-14-33(58)42(65)57-37(25(4)5)44(67)55-32(20-28-21-49-23-51-28)39(62)50-22-34(59)56-38(26(6)7)46(69)70/h21,23-27,29-33,36-38H,9-20,22,47-48H2,1-8H3,(H,49,51)(H,50,62)(H,52,64)(H,53,63)(H,54,66)(H,55,67)(H,56,59)(H,57,65)(H,60,61)(H,69,70)/t27-,29-,30-,31-,32-,33-,36-,37-,38-/m0/s1. The number of imidazole rings is 1. The summed E-state index contributed by atoms with van der Waals surface area (Å²) in [5.41, 5.74) is 8.24. The highest BCUT2D eigenvalue weighted by molar-refractivity contribution is 5.98. The van der Waals surface area contributed by atoms with Gasteiger partial charge in [0.25, 0.3) is 5.91 Å². The van der Waals surface area contributed by atoms with Crippen LogP contribution in [-0.4, -0.2) is 142 Å². The maximum absolute atomic E-state index is 14.3. The molecule has 0 aromatic carbocycles. The Morgan fingerprint density at radius 3 is 1.93 bits per heavy atom. The van der Waals surface area contributed by atoms with Crippen molar-refractivity contribution in [2.75, 3.05) is 19.6 Å². The number of aliphatic carboxylic acids is 2. The largest absolute Gasteiger partial charge is 0.550 e. The van der Waals surface area contributed by atoms with Gasteiger partial charge in [0.1, 0.15) is 36.3 Å². The first-order chi connectivity index (χ1) is 32.9. The molecule has 0 spiro atoms. The van der Waals surface area contributed by atoms with E-state index in [-0.39, 0.29) is 44.1 Å². The van der Waals surface area contributed by atoms with E-state index < -0.39 is 139 Å². The Hall–Kier alpha value is -6.17. The van der Waals surface area contributed by atoms with Gasteiger partial charge in [0.05, 0.1) is 31.4 Å². The maximum Gasteiger partial charge on any atom is 0.279 e. The molecule has 0 saturated carbocycles. The van der Waals surface area contributed by atoms with Gasteiger partial charge in [0.15, 0.2) is 6.04 Å². The molecular weight excluding hydrogens is 913 g/mol. The number of unbranched alkanes of at least 4 members (excludes halogenated alkanes) is 1. The lowest BCUT2D eigenvalue weighted by Gasteiger charge is -2.32. The van der Waals surface area contributed by atoms with Crippen molar-refractivity contribution in [3.63, 3.8) is 0 Å². The fourth-order valence-electron chi connectivity index (χ4n) is 7.77. The lowest BCUT2D eigenvalue weighted by Crippen LogP contribution is -2.71. The summed E-state index contributed by atoms with van der Waals surface area (Å²) in [6.07, 6.45) is 4.18. The number of H-pyrrole nitrogens is 1. The van der Waals surface area contributed by atoms with Gasteiger partial charge in [0, 0.05) is 36.7 Å². The minimum atomic E-state index is -1.50. The SMILES string of the molecule is CC[C@H](C)[C@H]([NH3+])C(=O)N[C@@H](CC(C)C)C(=O)N[C@@H](CCCC[NH3+])C(=O)N[C@@H](CCC(=O)[O-])C(=O)N1CCC[C@H]1C(=O)N[C@H](C(=O)N[C@@H](Cc1cnc[nH]1)C(=O)NCC(=O)N[C@H](C(=O)[O-])C(C)C)C(C)C. The van der Waals surface area contributed by atoms with E-state index in [9.17, 15) is 58.2 Å². The third kappa shape index (κ3) is 19.7. The van der Waals surface area contributed by atoms with E-state index in [1.165, 1.54) is 17.4 Å². The molecule has 14 N–H and O–H groups in total. The summed E-state index contributed by atoms with van der Waals surface area (Å²) in [5.74, 6) is -9.95. The first-order valence-corrected chi connectivity index (χ1v) is 24.3. The molecule has 1 aromatic rings. The van der Waals surface area contributed by atoms with Crippen LogP contribution in [0.3, 0.4) is 0 Å². The molecule has 2 rings (SSSR count). The van der Waals surface area contributed by atoms with Gasteiger partial charge >= 0.3 is 0 Å². The molecule has 394 valence electrons. The third-order valence-electron chi connectivity index (χ3n) is 12.2. The van der Waals surface area contributed by atoms with Crippen molar-refractivity contribution in [2.24, 2.45) is 23.7 Å². The average Bonchev–Trinajstić information content (AvgIpc) is 4.01. The number of carbonyl (C=O) groups excluding carboxylic acids is 10. The van der Waals surface area contributed by atoms with Gasteiger partial charge in [-0.1, -0.05) is 55.4 Å². The zero-order valence-electron chi connectivity index (χ0n) is 42.0. The number of nitrogens with one attached hydrogen (secondary N) is 8. The second-order valence-corrected chi connectivity index (χ2v) is 19.2. The van der Waals surface area contributed by atoms with E-state index in [1.807, 2.05) is 27.7 Å². The van der Waals surface area contributed by atoms with Crippen LogP contribution in [0.5, 0.6) is 0 Å². The molecule has 0 aliphatic carbocycles. The molecular formula is C46H78N12O12. The van der Waals surface area contributed by atoms with Gasteiger partial charge in [-0.25, -0.2) is 4.98 Å². The molecule has 0 unspecified atom stereocenters. The van der Waals surface area contributed by atoms with Gasteiger partial charge in [-0.05, 0) is 75.5 Å². The lowest BCUT2D eigenvalue weighted by molar-refractivity contribution is -0.415. The predicted octanol–water partition coefficient (Wildman–Crippen LogP) is -5.32. The second kappa shape index (κ2) is 29.8. The second-order valence-electron chi connectivity index (χ2n) is 19.2. The van der Waals surface area contributed by atoms with Gasteiger partial charge in [-0.3, -0.25) is 38.4 Å². The fourth-order valence-corrected chi connectivity index (χ4v) is 7.77. The van der Waals surface area contributed by atoms with Crippen molar-refractivity contribution in [3.8, 4) is 0 Å². The molecule has 70 heavy (non-hydrogen) atoms. The number of rotatable bonds is 31. The number of likely N-dealkylation sites (tertiary alicyclic amines) is 1. The average molecular weight is 991 g/mol. The van der Waals surface area contributed by atoms with Crippen molar-refractivity contribution in [3.05, 3.63) is 18.2 Å². The number of carbonyl (C=O) groups is 10. The van der Waals surface area contributed by atoms with Gasteiger partial charge in [0.2, 0.25) is 41.4 Å². The van der Waals surface area contributed by atoms with Crippen molar-refractivity contribution in [1.82, 2.24) is 52.1 Å². The summed E-state index contributed by atoms with van der Waals surface area (Å²) in [7, 11) is 0. The smallest absolute Gasteiger partial charge is 0.279 e. The van der Waals surface area contributed by atoms with E-state index in [0.29, 0.717) is 37.9 Å².